The van der Waals surface area contributed by atoms with E-state index in [9.17, 15) is 8.42 Å². The second-order valence-electron chi connectivity index (χ2n) is 5.50. The van der Waals surface area contributed by atoms with Crippen LogP contribution in [-0.2, 0) is 16.4 Å². The van der Waals surface area contributed by atoms with Crippen molar-refractivity contribution in [1.29, 1.82) is 0 Å². The summed E-state index contributed by atoms with van der Waals surface area (Å²) in [6.45, 7) is 3.29. The molecule has 5 heteroatoms. The van der Waals surface area contributed by atoms with Crippen molar-refractivity contribution in [3.8, 4) is 0 Å². The zero-order valence-electron chi connectivity index (χ0n) is 12.1. The number of hydrogen-bond donors (Lipinski definition) is 1. The molecule has 0 saturated carbocycles. The number of aryl methyl sites for hydroxylation is 1. The molecule has 2 N–H and O–H groups in total. The van der Waals surface area contributed by atoms with E-state index in [1.54, 1.807) is 16.4 Å². The number of sulfonamides is 1. The molecule has 0 radical (unpaired) electrons. The fourth-order valence-electron chi connectivity index (χ4n) is 2.70. The lowest BCUT2D eigenvalue weighted by atomic mass is 10.1. The number of piperidine rings is 1. The standard InChI is InChI=1S/C15H24N2O2S/c1-13-5-2-3-12-17(13)20(18,19)15-9-7-14(8-10-15)6-4-11-16/h7-10,13H,2-6,11-12,16H2,1H3. The highest BCUT2D eigenvalue weighted by Crippen LogP contribution is 2.25. The van der Waals surface area contributed by atoms with Crippen molar-refractivity contribution in [2.75, 3.05) is 13.1 Å². The fourth-order valence-corrected chi connectivity index (χ4v) is 4.40. The summed E-state index contributed by atoms with van der Waals surface area (Å²) >= 11 is 0. The topological polar surface area (TPSA) is 63.4 Å². The van der Waals surface area contributed by atoms with Crippen LogP contribution in [0.3, 0.4) is 0 Å². The van der Waals surface area contributed by atoms with E-state index in [2.05, 4.69) is 0 Å². The summed E-state index contributed by atoms with van der Waals surface area (Å²) in [6.07, 6.45) is 4.85. The number of nitrogens with zero attached hydrogens (tertiary/aromatic N) is 1. The average molecular weight is 296 g/mol. The maximum atomic E-state index is 12.6. The maximum Gasteiger partial charge on any atom is 0.243 e. The summed E-state index contributed by atoms with van der Waals surface area (Å²) in [5.41, 5.74) is 6.63. The monoisotopic (exact) mass is 296 g/mol. The molecule has 1 saturated heterocycles. The van der Waals surface area contributed by atoms with Crippen molar-refractivity contribution in [2.24, 2.45) is 5.73 Å². The van der Waals surface area contributed by atoms with Gasteiger partial charge in [0.2, 0.25) is 10.0 Å². The summed E-state index contributed by atoms with van der Waals surface area (Å²) in [6, 6.07) is 7.35. The van der Waals surface area contributed by atoms with Gasteiger partial charge in [-0.05, 0) is 56.8 Å². The van der Waals surface area contributed by atoms with Crippen LogP contribution < -0.4 is 5.73 Å². The third kappa shape index (κ3) is 3.40. The summed E-state index contributed by atoms with van der Waals surface area (Å²) in [5.74, 6) is 0. The predicted molar refractivity (Wildman–Crippen MR) is 81.0 cm³/mol. The first-order valence-electron chi connectivity index (χ1n) is 7.36. The highest BCUT2D eigenvalue weighted by atomic mass is 32.2. The third-order valence-electron chi connectivity index (χ3n) is 3.94. The van der Waals surface area contributed by atoms with E-state index < -0.39 is 10.0 Å². The van der Waals surface area contributed by atoms with Crippen LogP contribution in [0.2, 0.25) is 0 Å². The van der Waals surface area contributed by atoms with E-state index in [1.165, 1.54) is 0 Å². The highest BCUT2D eigenvalue weighted by molar-refractivity contribution is 7.89. The number of hydrogen-bond acceptors (Lipinski definition) is 3. The normalized spacial score (nSPS) is 21.0. The van der Waals surface area contributed by atoms with Gasteiger partial charge in [0.05, 0.1) is 4.90 Å². The van der Waals surface area contributed by atoms with E-state index in [0.717, 1.165) is 37.7 Å². The molecule has 4 nitrogen and oxygen atoms in total. The molecule has 1 heterocycles. The van der Waals surface area contributed by atoms with Crippen molar-refractivity contribution >= 4 is 10.0 Å². The van der Waals surface area contributed by atoms with E-state index in [4.69, 9.17) is 5.73 Å². The predicted octanol–water partition coefficient (Wildman–Crippen LogP) is 2.14. The van der Waals surface area contributed by atoms with Crippen LogP contribution in [0.4, 0.5) is 0 Å². The van der Waals surface area contributed by atoms with Crippen LogP contribution in [-0.4, -0.2) is 31.9 Å². The van der Waals surface area contributed by atoms with Crippen LogP contribution in [0.15, 0.2) is 29.2 Å². The molecule has 112 valence electrons. The van der Waals surface area contributed by atoms with Gasteiger partial charge >= 0.3 is 0 Å². The Balaban J connectivity index is 2.16. The Morgan fingerprint density at radius 3 is 2.55 bits per heavy atom. The smallest absolute Gasteiger partial charge is 0.243 e. The average Bonchev–Trinajstić information content (AvgIpc) is 2.46. The Morgan fingerprint density at radius 2 is 1.95 bits per heavy atom. The Morgan fingerprint density at radius 1 is 1.25 bits per heavy atom. The van der Waals surface area contributed by atoms with E-state index in [-0.39, 0.29) is 6.04 Å². The first-order valence-corrected chi connectivity index (χ1v) is 8.80. The molecule has 0 aliphatic carbocycles. The van der Waals surface area contributed by atoms with E-state index >= 15 is 0 Å². The van der Waals surface area contributed by atoms with Gasteiger partial charge in [-0.1, -0.05) is 18.6 Å². The fraction of sp³-hybridized carbons (Fsp3) is 0.600. The van der Waals surface area contributed by atoms with Gasteiger partial charge < -0.3 is 5.73 Å². The zero-order valence-corrected chi connectivity index (χ0v) is 12.9. The number of benzene rings is 1. The Labute approximate surface area is 122 Å². The molecule has 2 rings (SSSR count). The molecular formula is C15H24N2O2S. The van der Waals surface area contributed by atoms with Crippen molar-refractivity contribution in [3.63, 3.8) is 0 Å². The zero-order chi connectivity index (χ0) is 14.6. The second kappa shape index (κ2) is 6.70. The molecule has 1 aliphatic heterocycles. The van der Waals surface area contributed by atoms with Crippen molar-refractivity contribution < 1.29 is 8.42 Å². The Bertz CT molecular complexity index is 525. The molecule has 1 fully saturated rings. The number of nitrogens with two attached hydrogens (primary N) is 1. The van der Waals surface area contributed by atoms with Crippen LogP contribution in [0, 0.1) is 0 Å². The molecule has 0 amide bonds. The Hall–Kier alpha value is -0.910. The van der Waals surface area contributed by atoms with E-state index in [0.29, 0.717) is 18.0 Å². The Kier molecular flexibility index (Phi) is 5.18. The summed E-state index contributed by atoms with van der Waals surface area (Å²) in [7, 11) is -3.34. The summed E-state index contributed by atoms with van der Waals surface area (Å²) in [4.78, 5) is 0.405. The number of rotatable bonds is 5. The minimum atomic E-state index is -3.34. The van der Waals surface area contributed by atoms with Crippen LogP contribution >= 0.6 is 0 Å². The molecule has 0 spiro atoms. The minimum Gasteiger partial charge on any atom is -0.330 e. The molecule has 1 atom stereocenters. The third-order valence-corrected chi connectivity index (χ3v) is 5.97. The van der Waals surface area contributed by atoms with Gasteiger partial charge in [-0.15, -0.1) is 0 Å². The molecule has 20 heavy (non-hydrogen) atoms. The molecule has 1 aliphatic rings. The first-order chi connectivity index (χ1) is 9.55. The molecule has 1 aromatic carbocycles. The second-order valence-corrected chi connectivity index (χ2v) is 7.39. The van der Waals surface area contributed by atoms with Crippen LogP contribution in [0.5, 0.6) is 0 Å². The van der Waals surface area contributed by atoms with E-state index in [1.807, 2.05) is 19.1 Å². The molecule has 1 aromatic rings. The summed E-state index contributed by atoms with van der Waals surface area (Å²) < 4.78 is 26.9. The SMILES string of the molecule is CC1CCCCN1S(=O)(=O)c1ccc(CCCN)cc1. The van der Waals surface area contributed by atoms with Gasteiger partial charge in [-0.25, -0.2) is 8.42 Å². The molecule has 0 aromatic heterocycles. The van der Waals surface area contributed by atoms with Crippen molar-refractivity contribution in [2.45, 2.75) is 50.0 Å². The van der Waals surface area contributed by atoms with Gasteiger partial charge in [0, 0.05) is 12.6 Å². The molecule has 0 bridgehead atoms. The van der Waals surface area contributed by atoms with Crippen molar-refractivity contribution in [1.82, 2.24) is 4.31 Å². The quantitative estimate of drug-likeness (QED) is 0.905. The largest absolute Gasteiger partial charge is 0.330 e. The maximum absolute atomic E-state index is 12.6. The van der Waals surface area contributed by atoms with Crippen LogP contribution in [0.1, 0.15) is 38.2 Å². The summed E-state index contributed by atoms with van der Waals surface area (Å²) in [5, 5.41) is 0. The molecular weight excluding hydrogens is 272 g/mol. The van der Waals surface area contributed by atoms with Crippen molar-refractivity contribution in [3.05, 3.63) is 29.8 Å². The highest BCUT2D eigenvalue weighted by Gasteiger charge is 2.30. The molecule has 1 unspecified atom stereocenters. The van der Waals surface area contributed by atoms with Gasteiger partial charge in [0.25, 0.3) is 0 Å². The van der Waals surface area contributed by atoms with Gasteiger partial charge in [-0.2, -0.15) is 4.31 Å². The van der Waals surface area contributed by atoms with Gasteiger partial charge in [0.15, 0.2) is 0 Å². The first kappa shape index (κ1) is 15.5. The van der Waals surface area contributed by atoms with Gasteiger partial charge in [0.1, 0.15) is 0 Å². The lowest BCUT2D eigenvalue weighted by Gasteiger charge is -2.32. The van der Waals surface area contributed by atoms with Gasteiger partial charge in [-0.3, -0.25) is 0 Å². The lowest BCUT2D eigenvalue weighted by molar-refractivity contribution is 0.268. The minimum absolute atomic E-state index is 0.102. The van der Waals surface area contributed by atoms with Crippen LogP contribution in [0.25, 0.3) is 0 Å². The lowest BCUT2D eigenvalue weighted by Crippen LogP contribution is -2.41.